The third-order valence-corrected chi connectivity index (χ3v) is 5.76. The Kier molecular flexibility index (Phi) is 4.95. The van der Waals surface area contributed by atoms with Crippen LogP contribution in [0.15, 0.2) is 65.6 Å². The quantitative estimate of drug-likeness (QED) is 0.499. The largest absolute Gasteiger partial charge is 0.489 e. The predicted molar refractivity (Wildman–Crippen MR) is 118 cm³/mol. The molecule has 0 bridgehead atoms. The van der Waals surface area contributed by atoms with Crippen LogP contribution in [0.4, 0.5) is 4.39 Å². The maximum atomic E-state index is 13.0. The fourth-order valence-corrected chi connectivity index (χ4v) is 4.14. The van der Waals surface area contributed by atoms with Crippen molar-refractivity contribution in [3.63, 3.8) is 0 Å². The normalized spacial score (nSPS) is 13.7. The SMILES string of the molecule is Nn1c2c(c3ccc(-n4ccc(OCc5ccc(F)cc5)cc4=O)cc31)CNCCC2. The van der Waals surface area contributed by atoms with Crippen LogP contribution in [-0.2, 0) is 19.6 Å². The van der Waals surface area contributed by atoms with Crippen LogP contribution < -0.4 is 21.5 Å². The summed E-state index contributed by atoms with van der Waals surface area (Å²) >= 11 is 0. The minimum atomic E-state index is -0.292. The van der Waals surface area contributed by atoms with Crippen molar-refractivity contribution in [3.05, 3.63) is 93.8 Å². The lowest BCUT2D eigenvalue weighted by Crippen LogP contribution is -2.17. The summed E-state index contributed by atoms with van der Waals surface area (Å²) in [4.78, 5) is 12.7. The van der Waals surface area contributed by atoms with Crippen molar-refractivity contribution in [2.45, 2.75) is 26.0 Å². The van der Waals surface area contributed by atoms with Gasteiger partial charge in [0.1, 0.15) is 18.2 Å². The number of ether oxygens (including phenoxy) is 1. The molecule has 4 aromatic rings. The molecule has 1 aliphatic rings. The molecule has 6 nitrogen and oxygen atoms in total. The first-order valence-corrected chi connectivity index (χ1v) is 10.3. The maximum absolute atomic E-state index is 13.0. The Labute approximate surface area is 178 Å². The molecule has 0 unspecified atom stereocenters. The summed E-state index contributed by atoms with van der Waals surface area (Å²) in [7, 11) is 0. The number of nitrogens with zero attached hydrogens (tertiary/aromatic N) is 2. The highest BCUT2D eigenvalue weighted by atomic mass is 19.1. The van der Waals surface area contributed by atoms with Crippen LogP contribution in [0.2, 0.25) is 0 Å². The minimum Gasteiger partial charge on any atom is -0.489 e. The van der Waals surface area contributed by atoms with Crippen LogP contribution in [0.1, 0.15) is 23.2 Å². The van der Waals surface area contributed by atoms with Gasteiger partial charge in [0.2, 0.25) is 0 Å². The standard InChI is InChI=1S/C24H23FN4O2/c25-17-5-3-16(4-6-17)15-31-19-9-11-28(24(30)13-19)18-7-8-20-21-14-27-10-1-2-22(21)29(26)23(20)12-18/h3-9,11-13,27H,1-2,10,14-15,26H2. The number of pyridine rings is 1. The van der Waals surface area contributed by atoms with E-state index in [1.165, 1.54) is 23.8 Å². The number of hydrogen-bond acceptors (Lipinski definition) is 4. The zero-order valence-electron chi connectivity index (χ0n) is 17.0. The third-order valence-electron chi connectivity index (χ3n) is 5.76. The monoisotopic (exact) mass is 418 g/mol. The van der Waals surface area contributed by atoms with E-state index in [4.69, 9.17) is 10.6 Å². The second kappa shape index (κ2) is 7.92. The van der Waals surface area contributed by atoms with E-state index < -0.39 is 0 Å². The molecule has 3 N–H and O–H groups in total. The summed E-state index contributed by atoms with van der Waals surface area (Å²) in [5.74, 6) is 6.57. The zero-order chi connectivity index (χ0) is 21.4. The van der Waals surface area contributed by atoms with Crippen molar-refractivity contribution in [1.82, 2.24) is 14.6 Å². The van der Waals surface area contributed by atoms with Crippen molar-refractivity contribution in [2.75, 3.05) is 12.4 Å². The van der Waals surface area contributed by atoms with E-state index in [0.717, 1.165) is 53.8 Å². The average molecular weight is 418 g/mol. The fraction of sp³-hybridized carbons (Fsp3) is 0.208. The molecular weight excluding hydrogens is 395 g/mol. The Hall–Kier alpha value is -3.58. The van der Waals surface area contributed by atoms with Crippen LogP contribution in [0, 0.1) is 5.82 Å². The van der Waals surface area contributed by atoms with Crippen LogP contribution >= 0.6 is 0 Å². The van der Waals surface area contributed by atoms with Crippen molar-refractivity contribution < 1.29 is 9.13 Å². The molecular formula is C24H23FN4O2. The summed E-state index contributed by atoms with van der Waals surface area (Å²) in [6, 6.07) is 15.2. The molecule has 0 saturated heterocycles. The lowest BCUT2D eigenvalue weighted by Gasteiger charge is -2.10. The number of aromatic nitrogens is 2. The first kappa shape index (κ1) is 19.4. The molecule has 0 saturated carbocycles. The highest BCUT2D eigenvalue weighted by Crippen LogP contribution is 2.28. The van der Waals surface area contributed by atoms with Gasteiger partial charge in [-0.3, -0.25) is 14.0 Å². The van der Waals surface area contributed by atoms with E-state index in [2.05, 4.69) is 5.32 Å². The zero-order valence-corrected chi connectivity index (χ0v) is 17.0. The van der Waals surface area contributed by atoms with Crippen LogP contribution in [0.5, 0.6) is 5.75 Å². The first-order valence-electron chi connectivity index (χ1n) is 10.3. The van der Waals surface area contributed by atoms with E-state index >= 15 is 0 Å². The molecule has 0 atom stereocenters. The summed E-state index contributed by atoms with van der Waals surface area (Å²) in [6.07, 6.45) is 3.68. The molecule has 2 aromatic heterocycles. The Morgan fingerprint density at radius 1 is 1.10 bits per heavy atom. The van der Waals surface area contributed by atoms with E-state index in [1.807, 2.05) is 18.2 Å². The molecule has 31 heavy (non-hydrogen) atoms. The minimum absolute atomic E-state index is 0.200. The number of hydrogen-bond donors (Lipinski definition) is 2. The van der Waals surface area contributed by atoms with Gasteiger partial charge in [0, 0.05) is 29.9 Å². The van der Waals surface area contributed by atoms with E-state index in [1.54, 1.807) is 33.6 Å². The van der Waals surface area contributed by atoms with Gasteiger partial charge in [-0.25, -0.2) is 4.39 Å². The molecule has 0 fully saturated rings. The molecule has 0 radical (unpaired) electrons. The first-order chi connectivity index (χ1) is 15.1. The van der Waals surface area contributed by atoms with E-state index in [0.29, 0.717) is 5.75 Å². The predicted octanol–water partition coefficient (Wildman–Crippen LogP) is 3.26. The highest BCUT2D eigenvalue weighted by molar-refractivity contribution is 5.87. The van der Waals surface area contributed by atoms with Gasteiger partial charge < -0.3 is 15.9 Å². The molecule has 0 amide bonds. The number of rotatable bonds is 4. The topological polar surface area (TPSA) is 74.2 Å². The molecule has 1 aliphatic heterocycles. The summed E-state index contributed by atoms with van der Waals surface area (Å²) in [5, 5.41) is 4.55. The van der Waals surface area contributed by atoms with Crippen LogP contribution in [0.25, 0.3) is 16.6 Å². The van der Waals surface area contributed by atoms with Gasteiger partial charge in [-0.05, 0) is 60.8 Å². The van der Waals surface area contributed by atoms with E-state index in [-0.39, 0.29) is 18.0 Å². The van der Waals surface area contributed by atoms with Crippen molar-refractivity contribution in [1.29, 1.82) is 0 Å². The third kappa shape index (κ3) is 3.68. The van der Waals surface area contributed by atoms with Crippen molar-refractivity contribution in [3.8, 4) is 11.4 Å². The van der Waals surface area contributed by atoms with Crippen LogP contribution in [0.3, 0.4) is 0 Å². The van der Waals surface area contributed by atoms with Gasteiger partial charge in [0.15, 0.2) is 0 Å². The molecule has 3 heterocycles. The molecule has 0 aliphatic carbocycles. The van der Waals surface area contributed by atoms with Gasteiger partial charge in [-0.1, -0.05) is 18.2 Å². The summed E-state index contributed by atoms with van der Waals surface area (Å²) in [6.45, 7) is 2.05. The van der Waals surface area contributed by atoms with Crippen molar-refractivity contribution >= 4 is 10.9 Å². The lowest BCUT2D eigenvalue weighted by molar-refractivity contribution is 0.305. The van der Waals surface area contributed by atoms with Gasteiger partial charge in [0.05, 0.1) is 11.2 Å². The molecule has 0 spiro atoms. The summed E-state index contributed by atoms with van der Waals surface area (Å²) < 4.78 is 22.0. The Morgan fingerprint density at radius 3 is 2.74 bits per heavy atom. The number of nitrogens with one attached hydrogen (secondary N) is 1. The Balaban J connectivity index is 1.42. The van der Waals surface area contributed by atoms with E-state index in [9.17, 15) is 9.18 Å². The second-order valence-electron chi connectivity index (χ2n) is 7.76. The number of nitrogen functional groups attached to an aromatic ring is 1. The lowest BCUT2D eigenvalue weighted by atomic mass is 10.1. The van der Waals surface area contributed by atoms with Gasteiger partial charge in [-0.15, -0.1) is 0 Å². The maximum Gasteiger partial charge on any atom is 0.258 e. The fourth-order valence-electron chi connectivity index (χ4n) is 4.14. The number of nitrogens with two attached hydrogens (primary N) is 1. The molecule has 2 aromatic carbocycles. The highest BCUT2D eigenvalue weighted by Gasteiger charge is 2.18. The number of benzene rings is 2. The van der Waals surface area contributed by atoms with Gasteiger partial charge >= 0.3 is 0 Å². The second-order valence-corrected chi connectivity index (χ2v) is 7.76. The molecule has 7 heteroatoms. The average Bonchev–Trinajstić information content (AvgIpc) is 2.93. The number of halogens is 1. The smallest absolute Gasteiger partial charge is 0.258 e. The Morgan fingerprint density at radius 2 is 1.94 bits per heavy atom. The summed E-state index contributed by atoms with van der Waals surface area (Å²) in [5.41, 5.74) is 4.67. The van der Waals surface area contributed by atoms with Crippen molar-refractivity contribution in [2.24, 2.45) is 0 Å². The molecule has 158 valence electrons. The van der Waals surface area contributed by atoms with Crippen LogP contribution in [-0.4, -0.2) is 15.8 Å². The van der Waals surface area contributed by atoms with Gasteiger partial charge in [0.25, 0.3) is 5.56 Å². The Bertz CT molecular complexity index is 1310. The number of fused-ring (bicyclic) bond motifs is 3. The molecule has 5 rings (SSSR count). The van der Waals surface area contributed by atoms with Gasteiger partial charge in [-0.2, -0.15) is 0 Å².